The molecule has 1 heterocycles. The number of amides is 1. The molecule has 3 N–H and O–H groups in total. The van der Waals surface area contributed by atoms with E-state index in [4.69, 9.17) is 18.0 Å². The molecule has 0 aliphatic rings. The van der Waals surface area contributed by atoms with Crippen LogP contribution in [0.2, 0.25) is 0 Å². The van der Waals surface area contributed by atoms with E-state index >= 15 is 0 Å². The van der Waals surface area contributed by atoms with Gasteiger partial charge in [0.2, 0.25) is 5.91 Å². The molecular weight excluding hydrogens is 248 g/mol. The van der Waals surface area contributed by atoms with Gasteiger partial charge < -0.3 is 15.6 Å². The summed E-state index contributed by atoms with van der Waals surface area (Å²) in [5.74, 6) is -0.340. The smallest absolute Gasteiger partial charge is 0.230 e. The highest BCUT2D eigenvalue weighted by molar-refractivity contribution is 7.80. The fourth-order valence-corrected chi connectivity index (χ4v) is 2.14. The largest absolute Gasteiger partial charge is 0.393 e. The molecule has 6 heteroatoms. The number of hydrogen-bond donors (Lipinski definition) is 2. The molecule has 1 rings (SSSR count). The third-order valence-electron chi connectivity index (χ3n) is 2.71. The van der Waals surface area contributed by atoms with E-state index in [0.717, 1.165) is 13.0 Å². The Kier molecular flexibility index (Phi) is 5.77. The second kappa shape index (κ2) is 7.10. The second-order valence-electron chi connectivity index (χ2n) is 4.57. The van der Waals surface area contributed by atoms with Crippen molar-refractivity contribution in [2.75, 3.05) is 6.54 Å². The first kappa shape index (κ1) is 14.6. The Hall–Kier alpha value is -1.43. The highest BCUT2D eigenvalue weighted by Gasteiger charge is 2.24. The topological polar surface area (TPSA) is 72.9 Å². The standard InChI is InChI=1S/C12H20N4OS/c1-9(2)10(11(13)18)12(17)15-4-3-6-16-7-5-14-8-16/h5,7-10H,3-4,6H2,1-2H3,(H2,13,18)(H,15,17). The third kappa shape index (κ3) is 4.44. The highest BCUT2D eigenvalue weighted by atomic mass is 32.1. The molecule has 1 atom stereocenters. The van der Waals surface area contributed by atoms with E-state index in [9.17, 15) is 4.79 Å². The molecule has 18 heavy (non-hydrogen) atoms. The summed E-state index contributed by atoms with van der Waals surface area (Å²) in [5.41, 5.74) is 5.58. The molecule has 0 fully saturated rings. The van der Waals surface area contributed by atoms with Gasteiger partial charge in [-0.15, -0.1) is 0 Å². The Bertz CT molecular complexity index is 389. The van der Waals surface area contributed by atoms with Gasteiger partial charge in [0.1, 0.15) is 0 Å². The lowest BCUT2D eigenvalue weighted by Crippen LogP contribution is -2.41. The molecule has 1 unspecified atom stereocenters. The lowest BCUT2D eigenvalue weighted by atomic mass is 9.95. The summed E-state index contributed by atoms with van der Waals surface area (Å²) in [6.45, 7) is 5.33. The minimum Gasteiger partial charge on any atom is -0.393 e. The minimum atomic E-state index is -0.381. The van der Waals surface area contributed by atoms with Crippen molar-refractivity contribution in [1.82, 2.24) is 14.9 Å². The molecule has 0 bridgehead atoms. The van der Waals surface area contributed by atoms with E-state index in [2.05, 4.69) is 10.3 Å². The van der Waals surface area contributed by atoms with Crippen LogP contribution in [0.15, 0.2) is 18.7 Å². The molecule has 100 valence electrons. The van der Waals surface area contributed by atoms with Gasteiger partial charge >= 0.3 is 0 Å². The third-order valence-corrected chi connectivity index (χ3v) is 2.96. The molecule has 1 aromatic heterocycles. The van der Waals surface area contributed by atoms with E-state index in [1.807, 2.05) is 24.6 Å². The zero-order valence-corrected chi connectivity index (χ0v) is 11.6. The summed E-state index contributed by atoms with van der Waals surface area (Å²) < 4.78 is 1.97. The molecule has 0 radical (unpaired) electrons. The zero-order chi connectivity index (χ0) is 13.5. The maximum atomic E-state index is 11.9. The average Bonchev–Trinajstić information content (AvgIpc) is 2.76. The van der Waals surface area contributed by atoms with Gasteiger partial charge in [-0.25, -0.2) is 4.98 Å². The number of nitrogens with one attached hydrogen (secondary N) is 1. The van der Waals surface area contributed by atoms with Crippen molar-refractivity contribution < 1.29 is 4.79 Å². The van der Waals surface area contributed by atoms with Gasteiger partial charge in [0.25, 0.3) is 0 Å². The summed E-state index contributed by atoms with van der Waals surface area (Å²) >= 11 is 4.92. The molecule has 0 spiro atoms. The average molecular weight is 268 g/mol. The van der Waals surface area contributed by atoms with Crippen molar-refractivity contribution in [1.29, 1.82) is 0 Å². The Balaban J connectivity index is 2.29. The summed E-state index contributed by atoms with van der Waals surface area (Å²) in [4.78, 5) is 16.1. The minimum absolute atomic E-state index is 0.0804. The van der Waals surface area contributed by atoms with Crippen molar-refractivity contribution in [3.8, 4) is 0 Å². The summed E-state index contributed by atoms with van der Waals surface area (Å²) in [6.07, 6.45) is 6.24. The first-order chi connectivity index (χ1) is 8.52. The Morgan fingerprint density at radius 1 is 1.56 bits per heavy atom. The van der Waals surface area contributed by atoms with Crippen LogP contribution in [0.3, 0.4) is 0 Å². The lowest BCUT2D eigenvalue weighted by Gasteiger charge is -2.18. The predicted molar refractivity (Wildman–Crippen MR) is 75.0 cm³/mol. The summed E-state index contributed by atoms with van der Waals surface area (Å²) in [7, 11) is 0. The number of nitrogens with zero attached hydrogens (tertiary/aromatic N) is 2. The normalized spacial score (nSPS) is 12.4. The monoisotopic (exact) mass is 268 g/mol. The summed E-state index contributed by atoms with van der Waals surface area (Å²) in [5, 5.41) is 2.87. The Morgan fingerprint density at radius 3 is 2.78 bits per heavy atom. The van der Waals surface area contributed by atoms with Crippen molar-refractivity contribution in [3.05, 3.63) is 18.7 Å². The zero-order valence-electron chi connectivity index (χ0n) is 10.8. The second-order valence-corrected chi connectivity index (χ2v) is 5.04. The fraction of sp³-hybridized carbons (Fsp3) is 0.583. The molecular formula is C12H20N4OS. The SMILES string of the molecule is CC(C)C(C(=O)NCCCn1ccnc1)C(N)=S. The van der Waals surface area contributed by atoms with E-state index in [1.165, 1.54) is 0 Å². The van der Waals surface area contributed by atoms with E-state index in [0.29, 0.717) is 6.54 Å². The molecule has 1 amide bonds. The van der Waals surface area contributed by atoms with Gasteiger partial charge in [0.05, 0.1) is 17.2 Å². The Labute approximate surface area is 113 Å². The van der Waals surface area contributed by atoms with Gasteiger partial charge in [0, 0.05) is 25.5 Å². The van der Waals surface area contributed by atoms with Crippen LogP contribution in [0.5, 0.6) is 0 Å². The van der Waals surface area contributed by atoms with Crippen LogP contribution in [0.25, 0.3) is 0 Å². The molecule has 0 aliphatic carbocycles. The van der Waals surface area contributed by atoms with Crippen LogP contribution < -0.4 is 11.1 Å². The first-order valence-corrected chi connectivity index (χ1v) is 6.46. The molecule has 1 aromatic rings. The van der Waals surface area contributed by atoms with Crippen LogP contribution in [0.1, 0.15) is 20.3 Å². The number of carbonyl (C=O) groups excluding carboxylic acids is 1. The van der Waals surface area contributed by atoms with E-state index < -0.39 is 0 Å². The van der Waals surface area contributed by atoms with Crippen molar-refractivity contribution in [3.63, 3.8) is 0 Å². The predicted octanol–water partition coefficient (Wildman–Crippen LogP) is 0.948. The Morgan fingerprint density at radius 2 is 2.28 bits per heavy atom. The maximum absolute atomic E-state index is 11.9. The molecule has 0 aromatic carbocycles. The van der Waals surface area contributed by atoms with Gasteiger partial charge in [0.15, 0.2) is 0 Å². The van der Waals surface area contributed by atoms with Crippen LogP contribution in [-0.2, 0) is 11.3 Å². The maximum Gasteiger partial charge on any atom is 0.230 e. The van der Waals surface area contributed by atoms with Crippen LogP contribution in [0.4, 0.5) is 0 Å². The number of imidazole rings is 1. The highest BCUT2D eigenvalue weighted by Crippen LogP contribution is 2.11. The van der Waals surface area contributed by atoms with Crippen molar-refractivity contribution >= 4 is 23.1 Å². The van der Waals surface area contributed by atoms with Gasteiger partial charge in [-0.2, -0.15) is 0 Å². The van der Waals surface area contributed by atoms with E-state index in [1.54, 1.807) is 12.5 Å². The number of nitrogens with two attached hydrogens (primary N) is 1. The summed E-state index contributed by atoms with van der Waals surface area (Å²) in [6, 6.07) is 0. The van der Waals surface area contributed by atoms with Crippen LogP contribution in [0, 0.1) is 11.8 Å². The molecule has 0 aliphatic heterocycles. The lowest BCUT2D eigenvalue weighted by molar-refractivity contribution is -0.123. The number of thiocarbonyl (C=S) groups is 1. The number of hydrogen-bond acceptors (Lipinski definition) is 3. The van der Waals surface area contributed by atoms with Crippen molar-refractivity contribution in [2.45, 2.75) is 26.8 Å². The van der Waals surface area contributed by atoms with Gasteiger partial charge in [-0.1, -0.05) is 26.1 Å². The molecule has 0 saturated carbocycles. The first-order valence-electron chi connectivity index (χ1n) is 6.05. The molecule has 5 nitrogen and oxygen atoms in total. The van der Waals surface area contributed by atoms with Crippen LogP contribution >= 0.6 is 12.2 Å². The number of carbonyl (C=O) groups is 1. The number of rotatable bonds is 7. The van der Waals surface area contributed by atoms with Gasteiger partial charge in [-0.3, -0.25) is 4.79 Å². The quantitative estimate of drug-likeness (QED) is 0.570. The molecule has 0 saturated heterocycles. The van der Waals surface area contributed by atoms with Gasteiger partial charge in [-0.05, 0) is 12.3 Å². The van der Waals surface area contributed by atoms with E-state index in [-0.39, 0.29) is 22.7 Å². The van der Waals surface area contributed by atoms with Crippen LogP contribution in [-0.4, -0.2) is 27.0 Å². The number of aryl methyl sites for hydroxylation is 1. The van der Waals surface area contributed by atoms with Crippen molar-refractivity contribution in [2.24, 2.45) is 17.6 Å². The number of aromatic nitrogens is 2. The fourth-order valence-electron chi connectivity index (χ4n) is 1.76.